The Labute approximate surface area is 103 Å². The fourth-order valence-corrected chi connectivity index (χ4v) is 3.58. The van der Waals surface area contributed by atoms with Crippen LogP contribution in [0.5, 0.6) is 0 Å². The van der Waals surface area contributed by atoms with E-state index in [1.54, 1.807) is 0 Å². The molecule has 2 unspecified atom stereocenters. The van der Waals surface area contributed by atoms with Gasteiger partial charge in [-0.3, -0.25) is 0 Å². The maximum absolute atomic E-state index is 10.8. The fraction of sp³-hybridized carbons (Fsp3) is 0.500. The minimum atomic E-state index is -0.742. The number of fused-ring (bicyclic) bond motifs is 3. The van der Waals surface area contributed by atoms with Gasteiger partial charge in [-0.15, -0.1) is 5.92 Å². The minimum Gasteiger partial charge on any atom is -0.377 e. The highest BCUT2D eigenvalue weighted by Gasteiger charge is 2.49. The summed E-state index contributed by atoms with van der Waals surface area (Å²) in [5.41, 5.74) is 2.08. The second kappa shape index (κ2) is 3.89. The molecule has 0 radical (unpaired) electrons. The first-order valence-corrected chi connectivity index (χ1v) is 6.47. The van der Waals surface area contributed by atoms with Crippen molar-refractivity contribution in [3.05, 3.63) is 35.4 Å². The third-order valence-corrected chi connectivity index (χ3v) is 4.48. The Morgan fingerprint density at radius 1 is 1.12 bits per heavy atom. The van der Waals surface area contributed by atoms with Gasteiger partial charge in [-0.25, -0.2) is 0 Å². The van der Waals surface area contributed by atoms with Gasteiger partial charge in [-0.1, -0.05) is 30.2 Å². The van der Waals surface area contributed by atoms with Gasteiger partial charge < -0.3 is 5.11 Å². The van der Waals surface area contributed by atoms with E-state index >= 15 is 0 Å². The molecule has 3 rings (SSSR count). The number of benzene rings is 1. The van der Waals surface area contributed by atoms with Crippen molar-refractivity contribution in [3.63, 3.8) is 0 Å². The molecule has 0 aliphatic heterocycles. The molecule has 2 aliphatic carbocycles. The lowest BCUT2D eigenvalue weighted by molar-refractivity contribution is 0.0235. The van der Waals surface area contributed by atoms with Gasteiger partial charge >= 0.3 is 0 Å². The van der Waals surface area contributed by atoms with E-state index in [0.29, 0.717) is 11.8 Å². The number of rotatable bonds is 0. The Kier molecular flexibility index (Phi) is 2.49. The molecule has 0 saturated heterocycles. The van der Waals surface area contributed by atoms with Crippen LogP contribution in [0.25, 0.3) is 0 Å². The molecule has 1 N–H and O–H groups in total. The molecular weight excluding hydrogens is 208 g/mol. The molecule has 2 aliphatic rings. The highest BCUT2D eigenvalue weighted by molar-refractivity contribution is 5.34. The van der Waals surface area contributed by atoms with Crippen molar-refractivity contribution in [1.29, 1.82) is 0 Å². The van der Waals surface area contributed by atoms with Gasteiger partial charge in [0.15, 0.2) is 0 Å². The van der Waals surface area contributed by atoms with E-state index in [-0.39, 0.29) is 0 Å². The smallest absolute Gasteiger partial charge is 0.131 e. The molecule has 2 atom stereocenters. The van der Waals surface area contributed by atoms with Gasteiger partial charge in [0.05, 0.1) is 0 Å². The van der Waals surface area contributed by atoms with Crippen molar-refractivity contribution in [2.24, 2.45) is 11.8 Å². The van der Waals surface area contributed by atoms with Crippen molar-refractivity contribution in [1.82, 2.24) is 0 Å². The van der Waals surface area contributed by atoms with Crippen LogP contribution in [-0.4, -0.2) is 10.7 Å². The van der Waals surface area contributed by atoms with E-state index < -0.39 is 5.60 Å². The van der Waals surface area contributed by atoms with E-state index in [4.69, 9.17) is 0 Å². The molecule has 0 spiro atoms. The Morgan fingerprint density at radius 3 is 2.12 bits per heavy atom. The summed E-state index contributed by atoms with van der Waals surface area (Å²) in [6.07, 6.45) is 4.20. The summed E-state index contributed by atoms with van der Waals surface area (Å²) < 4.78 is 0. The number of hydrogen-bond acceptors (Lipinski definition) is 1. The lowest BCUT2D eigenvalue weighted by atomic mass is 9.83. The average Bonchev–Trinajstić information content (AvgIpc) is 2.52. The molecule has 0 aromatic heterocycles. The Morgan fingerprint density at radius 2 is 1.65 bits per heavy atom. The molecule has 1 aromatic carbocycles. The normalized spacial score (nSPS) is 34.5. The summed E-state index contributed by atoms with van der Waals surface area (Å²) >= 11 is 0. The van der Waals surface area contributed by atoms with Crippen LogP contribution < -0.4 is 0 Å². The largest absolute Gasteiger partial charge is 0.377 e. The third kappa shape index (κ3) is 1.59. The average molecular weight is 226 g/mol. The third-order valence-electron chi connectivity index (χ3n) is 4.48. The predicted molar refractivity (Wildman–Crippen MR) is 68.5 cm³/mol. The number of hydrogen-bond donors (Lipinski definition) is 1. The number of aliphatic hydroxyl groups is 1. The summed E-state index contributed by atoms with van der Waals surface area (Å²) in [4.78, 5) is 0. The Balaban J connectivity index is 2.05. The molecule has 0 amide bonds. The predicted octanol–water partition coefficient (Wildman–Crippen LogP) is 2.57. The second-order valence-corrected chi connectivity index (χ2v) is 5.35. The summed E-state index contributed by atoms with van der Waals surface area (Å²) in [6.45, 7) is 1.83. The van der Waals surface area contributed by atoms with Gasteiger partial charge in [-0.05, 0) is 43.7 Å². The highest BCUT2D eigenvalue weighted by atomic mass is 16.3. The van der Waals surface area contributed by atoms with Crippen LogP contribution in [0.15, 0.2) is 24.3 Å². The Bertz CT molecular complexity index is 459. The zero-order valence-electron chi connectivity index (χ0n) is 10.2. The SMILES string of the molecule is CC#CC1(O)C2CCC1Cc1ccccc1C2. The van der Waals surface area contributed by atoms with Gasteiger partial charge in [0.25, 0.3) is 0 Å². The highest BCUT2D eigenvalue weighted by Crippen LogP contribution is 2.46. The maximum atomic E-state index is 10.8. The van der Waals surface area contributed by atoms with Gasteiger partial charge in [0.2, 0.25) is 0 Å². The Hall–Kier alpha value is -1.26. The summed E-state index contributed by atoms with van der Waals surface area (Å²) in [5.74, 6) is 6.68. The molecular formula is C16H18O. The molecule has 2 bridgehead atoms. The van der Waals surface area contributed by atoms with Gasteiger partial charge in [0, 0.05) is 11.8 Å². The maximum Gasteiger partial charge on any atom is 0.131 e. The molecule has 1 fully saturated rings. The lowest BCUT2D eigenvalue weighted by Gasteiger charge is -2.28. The molecule has 1 nitrogen and oxygen atoms in total. The van der Waals surface area contributed by atoms with Crippen LogP contribution in [-0.2, 0) is 12.8 Å². The van der Waals surface area contributed by atoms with Crippen LogP contribution >= 0.6 is 0 Å². The van der Waals surface area contributed by atoms with Crippen molar-refractivity contribution in [2.75, 3.05) is 0 Å². The first kappa shape index (κ1) is 10.9. The molecule has 1 aromatic rings. The first-order valence-electron chi connectivity index (χ1n) is 6.47. The van der Waals surface area contributed by atoms with E-state index in [9.17, 15) is 5.11 Å². The molecule has 1 saturated carbocycles. The molecule has 1 heteroatoms. The van der Waals surface area contributed by atoms with E-state index in [2.05, 4.69) is 36.1 Å². The van der Waals surface area contributed by atoms with E-state index in [0.717, 1.165) is 25.7 Å². The van der Waals surface area contributed by atoms with Crippen molar-refractivity contribution in [3.8, 4) is 11.8 Å². The van der Waals surface area contributed by atoms with Gasteiger partial charge in [0.1, 0.15) is 5.60 Å². The first-order chi connectivity index (χ1) is 8.24. The molecule has 88 valence electrons. The van der Waals surface area contributed by atoms with Crippen LogP contribution in [0.3, 0.4) is 0 Å². The minimum absolute atomic E-state index is 0.323. The fourth-order valence-electron chi connectivity index (χ4n) is 3.58. The topological polar surface area (TPSA) is 20.2 Å². The molecule has 0 heterocycles. The second-order valence-electron chi connectivity index (χ2n) is 5.35. The van der Waals surface area contributed by atoms with Crippen LogP contribution in [0.2, 0.25) is 0 Å². The zero-order chi connectivity index (χ0) is 11.9. The van der Waals surface area contributed by atoms with Crippen molar-refractivity contribution >= 4 is 0 Å². The standard InChI is InChI=1S/C16H18O/c1-2-9-16(17)14-7-8-15(16)11-13-6-4-3-5-12(13)10-14/h3-6,14-15,17H,7-8,10-11H2,1H3. The monoisotopic (exact) mass is 226 g/mol. The quantitative estimate of drug-likeness (QED) is 0.674. The van der Waals surface area contributed by atoms with Crippen LogP contribution in [0.4, 0.5) is 0 Å². The van der Waals surface area contributed by atoms with Crippen LogP contribution in [0.1, 0.15) is 30.9 Å². The molecule has 17 heavy (non-hydrogen) atoms. The van der Waals surface area contributed by atoms with Crippen LogP contribution in [0, 0.1) is 23.7 Å². The van der Waals surface area contributed by atoms with Crippen molar-refractivity contribution in [2.45, 2.75) is 38.2 Å². The van der Waals surface area contributed by atoms with E-state index in [1.165, 1.54) is 11.1 Å². The summed E-state index contributed by atoms with van der Waals surface area (Å²) in [6, 6.07) is 8.61. The zero-order valence-corrected chi connectivity index (χ0v) is 10.2. The van der Waals surface area contributed by atoms with Crippen molar-refractivity contribution < 1.29 is 5.11 Å². The van der Waals surface area contributed by atoms with E-state index in [1.807, 2.05) is 6.92 Å². The summed E-state index contributed by atoms with van der Waals surface area (Å²) in [7, 11) is 0. The summed E-state index contributed by atoms with van der Waals surface area (Å²) in [5, 5.41) is 10.8. The lowest BCUT2D eigenvalue weighted by Crippen LogP contribution is -2.38. The van der Waals surface area contributed by atoms with Gasteiger partial charge in [-0.2, -0.15) is 0 Å².